The molecule has 0 N–H and O–H groups in total. The van der Waals surface area contributed by atoms with E-state index in [1.54, 1.807) is 0 Å². The predicted molar refractivity (Wildman–Crippen MR) is 56.0 cm³/mol. The van der Waals surface area contributed by atoms with Crippen molar-refractivity contribution in [2.24, 2.45) is 4.99 Å². The number of hydrogen-bond donors (Lipinski definition) is 0. The molecule has 1 unspecified atom stereocenters. The Morgan fingerprint density at radius 2 is 1.80 bits per heavy atom. The Hall–Kier alpha value is 0.130. The topological polar surface area (TPSA) is 15.6 Å². The molecular weight excluding hydrogens is 308 g/mol. The van der Waals surface area contributed by atoms with Crippen molar-refractivity contribution in [2.75, 3.05) is 0 Å². The Morgan fingerprint density at radius 1 is 1.33 bits per heavy atom. The Labute approximate surface area is 104 Å². The van der Waals surface area contributed by atoms with Crippen molar-refractivity contribution in [1.82, 2.24) is 2.89 Å². The molecule has 0 bridgehead atoms. The van der Waals surface area contributed by atoms with E-state index >= 15 is 0 Å². The number of nitrogens with zero attached hydrogens (tertiary/aromatic N) is 2. The predicted octanol–water partition coefficient (Wildman–Crippen LogP) is 2.54. The molecule has 2 radical (unpaired) electrons. The van der Waals surface area contributed by atoms with E-state index in [-0.39, 0.29) is 6.04 Å². The summed E-state index contributed by atoms with van der Waals surface area (Å²) in [6.07, 6.45) is -3.63. The van der Waals surface area contributed by atoms with Crippen LogP contribution in [-0.4, -0.2) is 51.6 Å². The van der Waals surface area contributed by atoms with Gasteiger partial charge in [-0.05, 0) is 0 Å². The van der Waals surface area contributed by atoms with Crippen molar-refractivity contribution in [3.05, 3.63) is 0 Å². The quantitative estimate of drug-likeness (QED) is 0.575. The summed E-state index contributed by atoms with van der Waals surface area (Å²) in [5.74, 6) is 0.553. The molecule has 2 nitrogen and oxygen atoms in total. The van der Waals surface area contributed by atoms with Crippen LogP contribution in [-0.2, 0) is 0 Å². The van der Waals surface area contributed by atoms with E-state index in [1.165, 1.54) is 9.81 Å². The summed E-state index contributed by atoms with van der Waals surface area (Å²) < 4.78 is 38.7. The van der Waals surface area contributed by atoms with E-state index in [9.17, 15) is 13.2 Å². The third kappa shape index (κ3) is 5.13. The molecule has 1 atom stereocenters. The first-order valence-electron chi connectivity index (χ1n) is 4.87. The molecule has 0 spiro atoms. The second-order valence-corrected chi connectivity index (χ2v) is 5.21. The molecule has 0 saturated carbocycles. The summed E-state index contributed by atoms with van der Waals surface area (Å²) in [6.45, 7) is 6.73. The summed E-state index contributed by atoms with van der Waals surface area (Å²) in [5, 5.41) is 0. The van der Waals surface area contributed by atoms with Gasteiger partial charge in [0.1, 0.15) is 0 Å². The van der Waals surface area contributed by atoms with E-state index in [0.29, 0.717) is 36.9 Å². The molecule has 0 aromatic rings. The average Bonchev–Trinajstić information content (AvgIpc) is 2.10. The molecule has 0 amide bonds. The van der Waals surface area contributed by atoms with Crippen LogP contribution >= 0.6 is 0 Å². The summed E-state index contributed by atoms with van der Waals surface area (Å²) in [7, 11) is 0. The Balaban J connectivity index is 4.74. The third-order valence-corrected chi connectivity index (χ3v) is 4.04. The molecule has 0 heterocycles. The zero-order valence-corrected chi connectivity index (χ0v) is 12.8. The molecule has 6 heteroatoms. The zero-order valence-electron chi connectivity index (χ0n) is 9.47. The maximum absolute atomic E-state index is 12.5. The van der Waals surface area contributed by atoms with Gasteiger partial charge in [-0.15, -0.1) is 0 Å². The molecule has 0 aliphatic rings. The first-order chi connectivity index (χ1) is 6.70. The van der Waals surface area contributed by atoms with Gasteiger partial charge in [0.05, 0.1) is 0 Å². The number of halogens is 3. The molecule has 0 aliphatic carbocycles. The van der Waals surface area contributed by atoms with Crippen molar-refractivity contribution in [3.8, 4) is 0 Å². The Bertz CT molecular complexity index is 226. The normalized spacial score (nSPS) is 15.6. The van der Waals surface area contributed by atoms with Gasteiger partial charge < -0.3 is 0 Å². The molecule has 0 saturated heterocycles. The van der Waals surface area contributed by atoms with Crippen LogP contribution in [0.15, 0.2) is 4.99 Å². The van der Waals surface area contributed by atoms with Crippen LogP contribution < -0.4 is 0 Å². The second kappa shape index (κ2) is 6.01. The molecular formula is C9H16F3InN2. The van der Waals surface area contributed by atoms with Gasteiger partial charge in [-0.2, -0.15) is 0 Å². The fourth-order valence-corrected chi connectivity index (χ4v) is 2.21. The standard InChI is InChI=1S/C9H16F3N2.In/c1-5-8(13-6(2)3)14-7(4)9(10,11)12;/h6-7H,5H2,1-4H3;/q-1;+1. The number of aliphatic imine (C=N–C) groups is 1. The molecule has 0 aliphatic heterocycles. The van der Waals surface area contributed by atoms with Crippen LogP contribution in [0.1, 0.15) is 34.1 Å². The summed E-state index contributed by atoms with van der Waals surface area (Å²) in [6, 6.07) is -1.40. The Kier molecular flexibility index (Phi) is 6.06. The molecule has 0 rings (SSSR count). The molecule has 15 heavy (non-hydrogen) atoms. The van der Waals surface area contributed by atoms with E-state index in [2.05, 4.69) is 4.99 Å². The van der Waals surface area contributed by atoms with E-state index in [4.69, 9.17) is 0 Å². The van der Waals surface area contributed by atoms with E-state index < -0.39 is 12.2 Å². The number of amidine groups is 1. The van der Waals surface area contributed by atoms with Crippen LogP contribution in [0.25, 0.3) is 0 Å². The van der Waals surface area contributed by atoms with E-state index in [0.717, 1.165) is 0 Å². The van der Waals surface area contributed by atoms with Gasteiger partial charge in [0, 0.05) is 0 Å². The van der Waals surface area contributed by atoms with Crippen molar-refractivity contribution >= 4 is 30.5 Å². The van der Waals surface area contributed by atoms with Gasteiger partial charge in [-0.1, -0.05) is 0 Å². The van der Waals surface area contributed by atoms with Gasteiger partial charge in [0.2, 0.25) is 0 Å². The van der Waals surface area contributed by atoms with Crippen molar-refractivity contribution in [2.45, 2.75) is 52.4 Å². The van der Waals surface area contributed by atoms with E-state index in [1.807, 2.05) is 20.8 Å². The minimum atomic E-state index is -4.17. The molecule has 0 aromatic heterocycles. The first-order valence-corrected chi connectivity index (χ1v) is 6.34. The molecule has 0 aromatic carbocycles. The van der Waals surface area contributed by atoms with Gasteiger partial charge in [-0.3, -0.25) is 0 Å². The maximum atomic E-state index is 12.5. The van der Waals surface area contributed by atoms with Gasteiger partial charge in [-0.25, -0.2) is 0 Å². The fourth-order valence-electron chi connectivity index (χ4n) is 1.02. The summed E-state index contributed by atoms with van der Waals surface area (Å²) in [5.41, 5.74) is 0. The van der Waals surface area contributed by atoms with Crippen LogP contribution in [0.4, 0.5) is 13.2 Å². The molecule has 86 valence electrons. The van der Waals surface area contributed by atoms with Crippen LogP contribution in [0.5, 0.6) is 0 Å². The van der Waals surface area contributed by atoms with Crippen LogP contribution in [0, 0.1) is 0 Å². The number of alkyl halides is 3. The van der Waals surface area contributed by atoms with Gasteiger partial charge in [0.25, 0.3) is 0 Å². The third-order valence-electron chi connectivity index (χ3n) is 1.91. The van der Waals surface area contributed by atoms with Crippen molar-refractivity contribution in [3.63, 3.8) is 0 Å². The second-order valence-electron chi connectivity index (χ2n) is 3.62. The summed E-state index contributed by atoms with van der Waals surface area (Å²) in [4.78, 5) is 4.20. The zero-order chi connectivity index (χ0) is 12.2. The monoisotopic (exact) mass is 324 g/mol. The summed E-state index contributed by atoms with van der Waals surface area (Å²) >= 11 is 0.405. The van der Waals surface area contributed by atoms with Crippen LogP contribution in [0.3, 0.4) is 0 Å². The Morgan fingerprint density at radius 3 is 2.07 bits per heavy atom. The minimum absolute atomic E-state index is 0.0373. The number of rotatable bonds is 3. The first kappa shape index (κ1) is 15.1. The SMILES string of the molecule is CCC(=NC(C)C)[N]([In])C(C)C(F)(F)F. The van der Waals surface area contributed by atoms with Crippen LogP contribution in [0.2, 0.25) is 0 Å². The molecule has 0 fully saturated rings. The van der Waals surface area contributed by atoms with Crippen molar-refractivity contribution in [1.29, 1.82) is 0 Å². The van der Waals surface area contributed by atoms with Gasteiger partial charge in [0.15, 0.2) is 0 Å². The average molecular weight is 324 g/mol. The number of hydrogen-bond acceptors (Lipinski definition) is 1. The van der Waals surface area contributed by atoms with Gasteiger partial charge >= 0.3 is 104 Å². The van der Waals surface area contributed by atoms with Crippen molar-refractivity contribution < 1.29 is 13.2 Å². The fraction of sp³-hybridized carbons (Fsp3) is 0.889.